The predicted octanol–water partition coefficient (Wildman–Crippen LogP) is 0.855. The number of hydrogen-bond donors (Lipinski definition) is 2. The van der Waals surface area contributed by atoms with E-state index in [-0.39, 0.29) is 5.91 Å². The summed E-state index contributed by atoms with van der Waals surface area (Å²) >= 11 is 0. The smallest absolute Gasteiger partial charge is 0.229 e. The SMILES string of the molecule is CC1(C(N)=O)CNc2ccccc21. The molecule has 0 radical (unpaired) electrons. The third-order valence-electron chi connectivity index (χ3n) is 2.70. The van der Waals surface area contributed by atoms with E-state index in [1.165, 1.54) is 0 Å². The molecule has 0 fully saturated rings. The first kappa shape index (κ1) is 8.10. The van der Waals surface area contributed by atoms with Crippen molar-refractivity contribution >= 4 is 11.6 Å². The summed E-state index contributed by atoms with van der Waals surface area (Å²) in [5.74, 6) is -0.273. The molecule has 0 bridgehead atoms. The van der Waals surface area contributed by atoms with E-state index in [0.717, 1.165) is 11.3 Å². The number of hydrogen-bond acceptors (Lipinski definition) is 2. The summed E-state index contributed by atoms with van der Waals surface area (Å²) in [6.07, 6.45) is 0. The van der Waals surface area contributed by atoms with Crippen LogP contribution in [0.5, 0.6) is 0 Å². The minimum atomic E-state index is -0.545. The second-order valence-corrected chi connectivity index (χ2v) is 3.60. The van der Waals surface area contributed by atoms with Gasteiger partial charge in [0, 0.05) is 12.2 Å². The summed E-state index contributed by atoms with van der Waals surface area (Å²) in [5.41, 5.74) is 6.84. The van der Waals surface area contributed by atoms with Crippen LogP contribution in [0, 0.1) is 0 Å². The molecule has 1 aliphatic rings. The standard InChI is InChI=1S/C10H12N2O/c1-10(9(11)13)6-12-8-5-3-2-4-7(8)10/h2-5,12H,6H2,1H3,(H2,11,13). The first-order valence-corrected chi connectivity index (χ1v) is 4.28. The fourth-order valence-corrected chi connectivity index (χ4v) is 1.71. The van der Waals surface area contributed by atoms with Gasteiger partial charge in [0.25, 0.3) is 0 Å². The number of carbonyl (C=O) groups is 1. The van der Waals surface area contributed by atoms with Crippen LogP contribution in [0.3, 0.4) is 0 Å². The number of carbonyl (C=O) groups excluding carboxylic acids is 1. The third kappa shape index (κ3) is 1.00. The van der Waals surface area contributed by atoms with Crippen molar-refractivity contribution < 1.29 is 4.79 Å². The summed E-state index contributed by atoms with van der Waals surface area (Å²) in [6.45, 7) is 2.47. The van der Waals surface area contributed by atoms with E-state index in [9.17, 15) is 4.79 Å². The monoisotopic (exact) mass is 176 g/mol. The molecule has 13 heavy (non-hydrogen) atoms. The molecule has 3 N–H and O–H groups in total. The van der Waals surface area contributed by atoms with E-state index in [4.69, 9.17) is 5.73 Å². The van der Waals surface area contributed by atoms with E-state index in [2.05, 4.69) is 5.32 Å². The fourth-order valence-electron chi connectivity index (χ4n) is 1.71. The van der Waals surface area contributed by atoms with E-state index < -0.39 is 5.41 Å². The lowest BCUT2D eigenvalue weighted by molar-refractivity contribution is -0.122. The molecule has 1 amide bonds. The average molecular weight is 176 g/mol. The maximum absolute atomic E-state index is 11.3. The minimum absolute atomic E-state index is 0.273. The van der Waals surface area contributed by atoms with Gasteiger partial charge in [-0.05, 0) is 18.6 Å². The Morgan fingerprint density at radius 3 is 2.92 bits per heavy atom. The molecule has 0 aromatic heterocycles. The van der Waals surface area contributed by atoms with Crippen molar-refractivity contribution in [2.75, 3.05) is 11.9 Å². The quantitative estimate of drug-likeness (QED) is 0.666. The van der Waals surface area contributed by atoms with Crippen LogP contribution >= 0.6 is 0 Å². The topological polar surface area (TPSA) is 55.1 Å². The van der Waals surface area contributed by atoms with Gasteiger partial charge in [0.1, 0.15) is 0 Å². The van der Waals surface area contributed by atoms with Crippen molar-refractivity contribution in [2.24, 2.45) is 5.73 Å². The Bertz CT molecular complexity index is 362. The van der Waals surface area contributed by atoms with Crippen LogP contribution in [0.25, 0.3) is 0 Å². The molecule has 1 aromatic rings. The average Bonchev–Trinajstić information content (AvgIpc) is 2.47. The van der Waals surface area contributed by atoms with Gasteiger partial charge >= 0.3 is 0 Å². The summed E-state index contributed by atoms with van der Waals surface area (Å²) in [5, 5.41) is 3.17. The first-order chi connectivity index (χ1) is 6.14. The summed E-state index contributed by atoms with van der Waals surface area (Å²) in [6, 6.07) is 7.77. The van der Waals surface area contributed by atoms with E-state index >= 15 is 0 Å². The lowest BCUT2D eigenvalue weighted by Gasteiger charge is -2.18. The van der Waals surface area contributed by atoms with Gasteiger partial charge in [-0.25, -0.2) is 0 Å². The van der Waals surface area contributed by atoms with Crippen LogP contribution in [-0.4, -0.2) is 12.5 Å². The van der Waals surface area contributed by atoms with E-state index in [0.29, 0.717) is 6.54 Å². The lowest BCUT2D eigenvalue weighted by atomic mass is 9.84. The summed E-state index contributed by atoms with van der Waals surface area (Å²) < 4.78 is 0. The molecule has 3 heteroatoms. The lowest BCUT2D eigenvalue weighted by Crippen LogP contribution is -2.40. The molecule has 68 valence electrons. The van der Waals surface area contributed by atoms with E-state index in [1.807, 2.05) is 31.2 Å². The molecular formula is C10H12N2O. The Morgan fingerprint density at radius 1 is 1.54 bits per heavy atom. The molecule has 1 heterocycles. The Balaban J connectivity index is 2.55. The number of nitrogens with one attached hydrogen (secondary N) is 1. The second-order valence-electron chi connectivity index (χ2n) is 3.60. The highest BCUT2D eigenvalue weighted by atomic mass is 16.1. The van der Waals surface area contributed by atoms with Crippen LogP contribution < -0.4 is 11.1 Å². The van der Waals surface area contributed by atoms with Crippen molar-refractivity contribution in [3.05, 3.63) is 29.8 Å². The molecule has 1 aromatic carbocycles. The molecule has 2 rings (SSSR count). The van der Waals surface area contributed by atoms with Crippen LogP contribution in [-0.2, 0) is 10.2 Å². The van der Waals surface area contributed by atoms with Crippen molar-refractivity contribution in [1.29, 1.82) is 0 Å². The van der Waals surface area contributed by atoms with E-state index in [1.54, 1.807) is 0 Å². The highest BCUT2D eigenvalue weighted by molar-refractivity contribution is 5.91. The van der Waals surface area contributed by atoms with Crippen LogP contribution in [0.1, 0.15) is 12.5 Å². The zero-order valence-electron chi connectivity index (χ0n) is 7.50. The number of anilines is 1. The Morgan fingerprint density at radius 2 is 2.23 bits per heavy atom. The zero-order chi connectivity index (χ0) is 9.47. The molecule has 0 spiro atoms. The number of fused-ring (bicyclic) bond motifs is 1. The number of para-hydroxylation sites is 1. The number of rotatable bonds is 1. The third-order valence-corrected chi connectivity index (χ3v) is 2.70. The van der Waals surface area contributed by atoms with Crippen LogP contribution in [0.2, 0.25) is 0 Å². The molecule has 0 aliphatic carbocycles. The van der Waals surface area contributed by atoms with Crippen molar-refractivity contribution in [2.45, 2.75) is 12.3 Å². The van der Waals surface area contributed by atoms with Gasteiger partial charge in [-0.2, -0.15) is 0 Å². The molecule has 3 nitrogen and oxygen atoms in total. The molecular weight excluding hydrogens is 164 g/mol. The normalized spacial score (nSPS) is 25.0. The number of primary amides is 1. The van der Waals surface area contributed by atoms with Gasteiger partial charge < -0.3 is 11.1 Å². The summed E-state index contributed by atoms with van der Waals surface area (Å²) in [7, 11) is 0. The maximum Gasteiger partial charge on any atom is 0.229 e. The maximum atomic E-state index is 11.3. The number of nitrogens with two attached hydrogens (primary N) is 1. The molecule has 1 unspecified atom stereocenters. The van der Waals surface area contributed by atoms with Gasteiger partial charge in [-0.1, -0.05) is 18.2 Å². The largest absolute Gasteiger partial charge is 0.383 e. The number of benzene rings is 1. The second kappa shape index (κ2) is 2.49. The van der Waals surface area contributed by atoms with Gasteiger partial charge in [0.05, 0.1) is 5.41 Å². The molecule has 0 saturated heterocycles. The van der Waals surface area contributed by atoms with Crippen molar-refractivity contribution in [3.63, 3.8) is 0 Å². The zero-order valence-corrected chi connectivity index (χ0v) is 7.50. The van der Waals surface area contributed by atoms with Gasteiger partial charge in [0.2, 0.25) is 5.91 Å². The van der Waals surface area contributed by atoms with Crippen molar-refractivity contribution in [1.82, 2.24) is 0 Å². The molecule has 1 atom stereocenters. The summed E-state index contributed by atoms with van der Waals surface area (Å²) in [4.78, 5) is 11.3. The highest BCUT2D eigenvalue weighted by Crippen LogP contribution is 2.35. The Hall–Kier alpha value is -1.51. The Labute approximate surface area is 76.9 Å². The van der Waals surface area contributed by atoms with Crippen LogP contribution in [0.4, 0.5) is 5.69 Å². The molecule has 1 aliphatic heterocycles. The minimum Gasteiger partial charge on any atom is -0.383 e. The predicted molar refractivity (Wildman–Crippen MR) is 51.5 cm³/mol. The number of amides is 1. The Kier molecular flexibility index (Phi) is 1.55. The van der Waals surface area contributed by atoms with Crippen LogP contribution in [0.15, 0.2) is 24.3 Å². The van der Waals surface area contributed by atoms with Crippen molar-refractivity contribution in [3.8, 4) is 0 Å². The first-order valence-electron chi connectivity index (χ1n) is 4.28. The fraction of sp³-hybridized carbons (Fsp3) is 0.300. The highest BCUT2D eigenvalue weighted by Gasteiger charge is 2.39. The van der Waals surface area contributed by atoms with Gasteiger partial charge in [-0.3, -0.25) is 4.79 Å². The van der Waals surface area contributed by atoms with Gasteiger partial charge in [0.15, 0.2) is 0 Å². The van der Waals surface area contributed by atoms with Gasteiger partial charge in [-0.15, -0.1) is 0 Å². The molecule has 0 saturated carbocycles.